The molecule has 0 saturated heterocycles. The maximum atomic E-state index is 11.7. The van der Waals surface area contributed by atoms with Gasteiger partial charge in [0.05, 0.1) is 6.61 Å². The van der Waals surface area contributed by atoms with Gasteiger partial charge in [0.25, 0.3) is 0 Å². The maximum Gasteiger partial charge on any atom is 0.248 e. The van der Waals surface area contributed by atoms with Crippen LogP contribution in [0.15, 0.2) is 24.3 Å². The van der Waals surface area contributed by atoms with Gasteiger partial charge in [-0.15, -0.1) is 0 Å². The predicted octanol–water partition coefficient (Wildman–Crippen LogP) is 11.9. The molecule has 0 aromatic rings. The Labute approximate surface area is 269 Å². The molecule has 1 atom stereocenters. The highest BCUT2D eigenvalue weighted by Crippen LogP contribution is 2.12. The number of hydrogen-bond donors (Lipinski definition) is 1. The van der Waals surface area contributed by atoms with Crippen molar-refractivity contribution in [3.63, 3.8) is 0 Å². The summed E-state index contributed by atoms with van der Waals surface area (Å²) >= 11 is 0. The van der Waals surface area contributed by atoms with E-state index in [0.717, 1.165) is 19.3 Å². The van der Waals surface area contributed by atoms with Gasteiger partial charge in [-0.1, -0.05) is 154 Å². The summed E-state index contributed by atoms with van der Waals surface area (Å²) in [5.41, 5.74) is 5.53. The van der Waals surface area contributed by atoms with E-state index in [2.05, 4.69) is 38.2 Å². The van der Waals surface area contributed by atoms with Crippen LogP contribution in [0.4, 0.5) is 0 Å². The summed E-state index contributed by atoms with van der Waals surface area (Å²) in [6.07, 6.45) is 45.1. The van der Waals surface area contributed by atoms with Crippen LogP contribution in [-0.2, 0) is 14.3 Å². The standard InChI is InChI=1S/C39H75NO3/c1-3-5-7-9-11-13-15-17-19-21-23-25-27-29-31-33-35-42-37-38(39(40)41)43-36-34-32-30-28-26-24-22-20-18-16-14-12-10-8-6-4-2/h17-20,38H,3-16,21-37H2,1-2H3,(H2,40,41)/b19-17-,20-18-. The fraction of sp³-hybridized carbons (Fsp3) is 0.872. The summed E-state index contributed by atoms with van der Waals surface area (Å²) in [6.45, 7) is 6.11. The van der Waals surface area contributed by atoms with E-state index in [0.29, 0.717) is 13.2 Å². The van der Waals surface area contributed by atoms with Crippen LogP contribution in [0.5, 0.6) is 0 Å². The molecule has 0 fully saturated rings. The number of carbonyl (C=O) groups excluding carboxylic acids is 1. The number of unbranched alkanes of at least 4 members (excludes halogenated alkanes) is 24. The lowest BCUT2D eigenvalue weighted by atomic mass is 10.1. The van der Waals surface area contributed by atoms with Gasteiger partial charge in [-0.05, 0) is 64.2 Å². The minimum Gasteiger partial charge on any atom is -0.378 e. The van der Waals surface area contributed by atoms with E-state index >= 15 is 0 Å². The summed E-state index contributed by atoms with van der Waals surface area (Å²) < 4.78 is 11.5. The molecule has 0 heterocycles. The first-order valence-electron chi connectivity index (χ1n) is 19.0. The van der Waals surface area contributed by atoms with Gasteiger partial charge in [0.1, 0.15) is 0 Å². The third kappa shape index (κ3) is 35.2. The molecule has 4 nitrogen and oxygen atoms in total. The van der Waals surface area contributed by atoms with Gasteiger partial charge in [0.15, 0.2) is 6.10 Å². The summed E-state index contributed by atoms with van der Waals surface area (Å²) in [5.74, 6) is -0.412. The van der Waals surface area contributed by atoms with Crippen molar-refractivity contribution in [3.8, 4) is 0 Å². The highest BCUT2D eigenvalue weighted by atomic mass is 16.5. The van der Waals surface area contributed by atoms with Crippen molar-refractivity contribution in [3.05, 3.63) is 24.3 Å². The number of rotatable bonds is 36. The molecule has 1 amide bonds. The molecule has 43 heavy (non-hydrogen) atoms. The first kappa shape index (κ1) is 41.9. The number of ether oxygens (including phenoxy) is 2. The van der Waals surface area contributed by atoms with E-state index in [-0.39, 0.29) is 6.61 Å². The number of allylic oxidation sites excluding steroid dienone is 4. The zero-order valence-corrected chi connectivity index (χ0v) is 29.1. The predicted molar refractivity (Wildman–Crippen MR) is 189 cm³/mol. The van der Waals surface area contributed by atoms with Crippen LogP contribution in [0.2, 0.25) is 0 Å². The van der Waals surface area contributed by atoms with E-state index in [1.807, 2.05) is 0 Å². The normalized spacial score (nSPS) is 12.6. The van der Waals surface area contributed by atoms with Crippen molar-refractivity contribution in [1.82, 2.24) is 0 Å². The molecule has 0 aliphatic carbocycles. The molecule has 0 bridgehead atoms. The van der Waals surface area contributed by atoms with Crippen LogP contribution < -0.4 is 5.73 Å². The second-order valence-corrected chi connectivity index (χ2v) is 12.7. The number of hydrogen-bond acceptors (Lipinski definition) is 3. The van der Waals surface area contributed by atoms with E-state index in [1.54, 1.807) is 0 Å². The minimum atomic E-state index is -0.614. The van der Waals surface area contributed by atoms with Gasteiger partial charge >= 0.3 is 0 Å². The van der Waals surface area contributed by atoms with Crippen molar-refractivity contribution < 1.29 is 14.3 Å². The molecule has 0 aliphatic rings. The Bertz CT molecular complexity index is 603. The molecular formula is C39H75NO3. The van der Waals surface area contributed by atoms with Gasteiger partial charge < -0.3 is 15.2 Å². The Kier molecular flexibility index (Phi) is 36.1. The second kappa shape index (κ2) is 37.1. The summed E-state index contributed by atoms with van der Waals surface area (Å²) in [5, 5.41) is 0. The SMILES string of the molecule is CCCCCCCC/C=C\CCCCCCCCOCC(OCCCCCCCC/C=C\CCCCCCCC)C(N)=O. The summed E-state index contributed by atoms with van der Waals surface area (Å²) in [4.78, 5) is 11.7. The van der Waals surface area contributed by atoms with E-state index < -0.39 is 12.0 Å². The van der Waals surface area contributed by atoms with E-state index in [1.165, 1.54) is 161 Å². The molecule has 1 unspecified atom stereocenters. The lowest BCUT2D eigenvalue weighted by Crippen LogP contribution is -2.35. The van der Waals surface area contributed by atoms with Gasteiger partial charge in [0, 0.05) is 13.2 Å². The second-order valence-electron chi connectivity index (χ2n) is 12.7. The molecule has 2 N–H and O–H groups in total. The first-order chi connectivity index (χ1) is 21.2. The van der Waals surface area contributed by atoms with Crippen LogP contribution >= 0.6 is 0 Å². The van der Waals surface area contributed by atoms with Gasteiger partial charge in [-0.2, -0.15) is 0 Å². The third-order valence-electron chi connectivity index (χ3n) is 8.36. The van der Waals surface area contributed by atoms with Crippen molar-refractivity contribution >= 4 is 5.91 Å². The maximum absolute atomic E-state index is 11.7. The van der Waals surface area contributed by atoms with Gasteiger partial charge in [-0.3, -0.25) is 4.79 Å². The van der Waals surface area contributed by atoms with Crippen LogP contribution in [-0.4, -0.2) is 31.8 Å². The highest BCUT2D eigenvalue weighted by molar-refractivity contribution is 5.78. The Balaban J connectivity index is 3.44. The van der Waals surface area contributed by atoms with Crippen molar-refractivity contribution in [1.29, 1.82) is 0 Å². The monoisotopic (exact) mass is 606 g/mol. The molecule has 0 aliphatic heterocycles. The number of primary amides is 1. The number of carbonyl (C=O) groups is 1. The molecule has 4 heteroatoms. The molecule has 0 spiro atoms. The molecule has 0 saturated carbocycles. The molecular weight excluding hydrogens is 530 g/mol. The Morgan fingerprint density at radius 2 is 0.814 bits per heavy atom. The molecule has 0 aromatic heterocycles. The summed E-state index contributed by atoms with van der Waals surface area (Å²) in [7, 11) is 0. The smallest absolute Gasteiger partial charge is 0.248 e. The summed E-state index contributed by atoms with van der Waals surface area (Å²) in [6, 6.07) is 0. The zero-order valence-electron chi connectivity index (χ0n) is 29.1. The van der Waals surface area contributed by atoms with E-state index in [9.17, 15) is 4.79 Å². The molecule has 254 valence electrons. The number of amides is 1. The van der Waals surface area contributed by atoms with Crippen molar-refractivity contribution in [2.45, 2.75) is 200 Å². The average Bonchev–Trinajstić information content (AvgIpc) is 3.00. The molecule has 0 aromatic carbocycles. The van der Waals surface area contributed by atoms with Gasteiger partial charge in [-0.25, -0.2) is 0 Å². The van der Waals surface area contributed by atoms with Crippen LogP contribution in [0.1, 0.15) is 194 Å². The quantitative estimate of drug-likeness (QED) is 0.0571. The largest absolute Gasteiger partial charge is 0.378 e. The fourth-order valence-corrected chi connectivity index (χ4v) is 5.43. The fourth-order valence-electron chi connectivity index (χ4n) is 5.43. The Hall–Kier alpha value is -1.13. The van der Waals surface area contributed by atoms with Crippen LogP contribution in [0.25, 0.3) is 0 Å². The van der Waals surface area contributed by atoms with Crippen LogP contribution in [0.3, 0.4) is 0 Å². The Morgan fingerprint density at radius 1 is 0.488 bits per heavy atom. The topological polar surface area (TPSA) is 61.6 Å². The minimum absolute atomic E-state index is 0.285. The average molecular weight is 606 g/mol. The highest BCUT2D eigenvalue weighted by Gasteiger charge is 2.15. The lowest BCUT2D eigenvalue weighted by Gasteiger charge is -2.15. The molecule has 0 rings (SSSR count). The van der Waals surface area contributed by atoms with Crippen molar-refractivity contribution in [2.24, 2.45) is 5.73 Å². The molecule has 0 radical (unpaired) electrons. The lowest BCUT2D eigenvalue weighted by molar-refractivity contribution is -0.133. The third-order valence-corrected chi connectivity index (χ3v) is 8.36. The number of nitrogens with two attached hydrogens (primary N) is 1. The Morgan fingerprint density at radius 3 is 1.19 bits per heavy atom. The van der Waals surface area contributed by atoms with E-state index in [4.69, 9.17) is 15.2 Å². The first-order valence-corrected chi connectivity index (χ1v) is 19.0. The van der Waals surface area contributed by atoms with Crippen molar-refractivity contribution in [2.75, 3.05) is 19.8 Å². The van der Waals surface area contributed by atoms with Crippen LogP contribution in [0, 0.1) is 0 Å². The van der Waals surface area contributed by atoms with Gasteiger partial charge in [0.2, 0.25) is 5.91 Å². The zero-order chi connectivity index (χ0) is 31.3.